The number of para-hydroxylation sites is 1. The highest BCUT2D eigenvalue weighted by Gasteiger charge is 2.21. The summed E-state index contributed by atoms with van der Waals surface area (Å²) in [6, 6.07) is 15.2. The highest BCUT2D eigenvalue weighted by atomic mass is 35.5. The maximum Gasteiger partial charge on any atom is 0.244 e. The Labute approximate surface area is 182 Å². The zero-order chi connectivity index (χ0) is 21.3. The van der Waals surface area contributed by atoms with Crippen molar-refractivity contribution in [3.05, 3.63) is 65.2 Å². The Hall–Kier alpha value is -2.99. The number of benzene rings is 2. The Balaban J connectivity index is 1.45. The van der Waals surface area contributed by atoms with Gasteiger partial charge in [-0.3, -0.25) is 9.59 Å². The highest BCUT2D eigenvalue weighted by molar-refractivity contribution is 6.30. The quantitative estimate of drug-likeness (QED) is 0.689. The summed E-state index contributed by atoms with van der Waals surface area (Å²) >= 11 is 6.06. The number of ether oxygens (including phenoxy) is 1. The fourth-order valence-electron chi connectivity index (χ4n) is 3.29. The molecule has 1 aliphatic rings. The highest BCUT2D eigenvalue weighted by Crippen LogP contribution is 2.21. The molecule has 7 heteroatoms. The smallest absolute Gasteiger partial charge is 0.244 e. The zero-order valence-corrected chi connectivity index (χ0v) is 17.8. The third kappa shape index (κ3) is 6.00. The van der Waals surface area contributed by atoms with Crippen LogP contribution in [-0.4, -0.2) is 56.0 Å². The summed E-state index contributed by atoms with van der Waals surface area (Å²) in [5.74, 6) is 0.321. The van der Waals surface area contributed by atoms with Crippen molar-refractivity contribution in [3.63, 3.8) is 0 Å². The van der Waals surface area contributed by atoms with Gasteiger partial charge in [0.15, 0.2) is 0 Å². The van der Waals surface area contributed by atoms with Gasteiger partial charge in [0.1, 0.15) is 5.75 Å². The summed E-state index contributed by atoms with van der Waals surface area (Å²) in [6.45, 7) is 5.12. The van der Waals surface area contributed by atoms with E-state index in [0.717, 1.165) is 30.1 Å². The third-order valence-electron chi connectivity index (χ3n) is 4.85. The molecule has 2 aromatic carbocycles. The standard InChI is InChI=1S/C23H26ClN3O3/c1-2-30-21-9-4-3-6-18(21)10-11-22(28)25-17-23(29)27-14-12-26(13-15-27)20-8-5-7-19(24)16-20/h3-11,16H,2,12-15,17H2,1H3,(H,25,28)/b11-10+. The van der Waals surface area contributed by atoms with Crippen LogP contribution in [0.4, 0.5) is 5.69 Å². The number of halogens is 1. The number of nitrogens with zero attached hydrogens (tertiary/aromatic N) is 2. The van der Waals surface area contributed by atoms with Crippen LogP contribution < -0.4 is 15.0 Å². The Morgan fingerprint density at radius 1 is 1.10 bits per heavy atom. The maximum atomic E-state index is 12.4. The summed E-state index contributed by atoms with van der Waals surface area (Å²) in [5, 5.41) is 3.36. The Kier molecular flexibility index (Phi) is 7.74. The molecular weight excluding hydrogens is 402 g/mol. The zero-order valence-electron chi connectivity index (χ0n) is 17.0. The first-order chi connectivity index (χ1) is 14.6. The molecule has 3 rings (SSSR count). The molecule has 2 amide bonds. The van der Waals surface area contributed by atoms with Crippen molar-refractivity contribution in [1.29, 1.82) is 0 Å². The second kappa shape index (κ2) is 10.7. The van der Waals surface area contributed by atoms with Crippen LogP contribution >= 0.6 is 11.6 Å². The number of carbonyl (C=O) groups is 2. The molecule has 0 aliphatic carbocycles. The average Bonchev–Trinajstić information content (AvgIpc) is 2.77. The molecule has 1 saturated heterocycles. The van der Waals surface area contributed by atoms with Crippen molar-refractivity contribution in [3.8, 4) is 5.75 Å². The second-order valence-corrected chi connectivity index (χ2v) is 7.31. The van der Waals surface area contributed by atoms with E-state index in [0.29, 0.717) is 24.7 Å². The summed E-state index contributed by atoms with van der Waals surface area (Å²) in [6.07, 6.45) is 3.11. The Bertz CT molecular complexity index is 908. The van der Waals surface area contributed by atoms with Crippen molar-refractivity contribution in [2.75, 3.05) is 44.2 Å². The van der Waals surface area contributed by atoms with E-state index in [1.807, 2.05) is 55.5 Å². The third-order valence-corrected chi connectivity index (χ3v) is 5.09. The fraction of sp³-hybridized carbons (Fsp3) is 0.304. The molecule has 0 unspecified atom stereocenters. The van der Waals surface area contributed by atoms with Gasteiger partial charge in [-0.25, -0.2) is 0 Å². The summed E-state index contributed by atoms with van der Waals surface area (Å²) in [7, 11) is 0. The van der Waals surface area contributed by atoms with Crippen molar-refractivity contribution in [1.82, 2.24) is 10.2 Å². The first-order valence-electron chi connectivity index (χ1n) is 10.0. The SMILES string of the molecule is CCOc1ccccc1/C=C/C(=O)NCC(=O)N1CCN(c2cccc(Cl)c2)CC1. The van der Waals surface area contributed by atoms with E-state index in [2.05, 4.69) is 10.2 Å². The Morgan fingerprint density at radius 2 is 1.87 bits per heavy atom. The lowest BCUT2D eigenvalue weighted by molar-refractivity contribution is -0.132. The number of piperazine rings is 1. The van der Waals surface area contributed by atoms with Gasteiger partial charge < -0.3 is 19.9 Å². The first-order valence-corrected chi connectivity index (χ1v) is 10.4. The number of anilines is 1. The first kappa shape index (κ1) is 21.7. The maximum absolute atomic E-state index is 12.4. The predicted octanol–water partition coefficient (Wildman–Crippen LogP) is 3.22. The van der Waals surface area contributed by atoms with Crippen LogP contribution in [0.3, 0.4) is 0 Å². The molecule has 30 heavy (non-hydrogen) atoms. The molecule has 1 fully saturated rings. The summed E-state index contributed by atoms with van der Waals surface area (Å²) < 4.78 is 5.54. The van der Waals surface area contributed by atoms with E-state index in [1.54, 1.807) is 11.0 Å². The molecule has 0 spiro atoms. The number of hydrogen-bond donors (Lipinski definition) is 1. The lowest BCUT2D eigenvalue weighted by Gasteiger charge is -2.36. The molecule has 0 radical (unpaired) electrons. The molecule has 158 valence electrons. The number of nitrogens with one attached hydrogen (secondary N) is 1. The fourth-order valence-corrected chi connectivity index (χ4v) is 3.48. The predicted molar refractivity (Wildman–Crippen MR) is 120 cm³/mol. The van der Waals surface area contributed by atoms with Gasteiger partial charge >= 0.3 is 0 Å². The molecular formula is C23H26ClN3O3. The van der Waals surface area contributed by atoms with Crippen LogP contribution in [0.2, 0.25) is 5.02 Å². The summed E-state index contributed by atoms with van der Waals surface area (Å²) in [5.41, 5.74) is 1.87. The molecule has 0 bridgehead atoms. The van der Waals surface area contributed by atoms with E-state index in [-0.39, 0.29) is 18.4 Å². The van der Waals surface area contributed by atoms with Crippen LogP contribution in [0.5, 0.6) is 5.75 Å². The van der Waals surface area contributed by atoms with Gasteiger partial charge in [-0.15, -0.1) is 0 Å². The van der Waals surface area contributed by atoms with Crippen molar-refractivity contribution in [2.45, 2.75) is 6.92 Å². The van der Waals surface area contributed by atoms with Crippen molar-refractivity contribution in [2.24, 2.45) is 0 Å². The molecule has 1 heterocycles. The van der Waals surface area contributed by atoms with Crippen molar-refractivity contribution < 1.29 is 14.3 Å². The molecule has 0 aromatic heterocycles. The van der Waals surface area contributed by atoms with Gasteiger partial charge in [-0.05, 0) is 37.3 Å². The van der Waals surface area contributed by atoms with Crippen LogP contribution in [0.15, 0.2) is 54.6 Å². The van der Waals surface area contributed by atoms with Gasteiger partial charge in [-0.2, -0.15) is 0 Å². The van der Waals surface area contributed by atoms with Gasteiger partial charge in [0.25, 0.3) is 0 Å². The lowest BCUT2D eigenvalue weighted by Crippen LogP contribution is -2.51. The minimum Gasteiger partial charge on any atom is -0.493 e. The van der Waals surface area contributed by atoms with Crippen LogP contribution in [-0.2, 0) is 9.59 Å². The Morgan fingerprint density at radius 3 is 2.60 bits per heavy atom. The summed E-state index contributed by atoms with van der Waals surface area (Å²) in [4.78, 5) is 28.5. The topological polar surface area (TPSA) is 61.9 Å². The lowest BCUT2D eigenvalue weighted by atomic mass is 10.2. The van der Waals surface area contributed by atoms with E-state index >= 15 is 0 Å². The van der Waals surface area contributed by atoms with Crippen molar-refractivity contribution >= 4 is 35.2 Å². The van der Waals surface area contributed by atoms with Crippen LogP contribution in [0.25, 0.3) is 6.08 Å². The number of rotatable bonds is 7. The minimum atomic E-state index is -0.313. The number of hydrogen-bond acceptors (Lipinski definition) is 4. The molecule has 0 atom stereocenters. The van der Waals surface area contributed by atoms with Crippen LogP contribution in [0, 0.1) is 0 Å². The van der Waals surface area contributed by atoms with Gasteiger partial charge in [0.2, 0.25) is 11.8 Å². The van der Waals surface area contributed by atoms with E-state index in [1.165, 1.54) is 6.08 Å². The van der Waals surface area contributed by atoms with Gasteiger partial charge in [-0.1, -0.05) is 35.9 Å². The normalized spacial score (nSPS) is 14.1. The van der Waals surface area contributed by atoms with E-state index in [4.69, 9.17) is 16.3 Å². The average molecular weight is 428 g/mol. The molecule has 0 saturated carbocycles. The second-order valence-electron chi connectivity index (χ2n) is 6.87. The molecule has 1 N–H and O–H groups in total. The monoisotopic (exact) mass is 427 g/mol. The van der Waals surface area contributed by atoms with E-state index in [9.17, 15) is 9.59 Å². The number of carbonyl (C=O) groups excluding carboxylic acids is 2. The van der Waals surface area contributed by atoms with Gasteiger partial charge in [0, 0.05) is 48.5 Å². The molecule has 1 aliphatic heterocycles. The number of amides is 2. The minimum absolute atomic E-state index is 0.0204. The van der Waals surface area contributed by atoms with Crippen LogP contribution in [0.1, 0.15) is 12.5 Å². The molecule has 2 aromatic rings. The van der Waals surface area contributed by atoms with E-state index < -0.39 is 0 Å². The molecule has 6 nitrogen and oxygen atoms in total. The largest absolute Gasteiger partial charge is 0.493 e. The van der Waals surface area contributed by atoms with Gasteiger partial charge in [0.05, 0.1) is 13.2 Å².